The van der Waals surface area contributed by atoms with Crippen molar-refractivity contribution in [2.75, 3.05) is 0 Å². The number of alkyl halides is 3. The fourth-order valence-corrected chi connectivity index (χ4v) is 8.61. The van der Waals surface area contributed by atoms with E-state index in [0.29, 0.717) is 16.7 Å². The predicted octanol–water partition coefficient (Wildman–Crippen LogP) is 14.4. The number of aromatic nitrogens is 4. The Hall–Kier alpha value is -7.77. The van der Waals surface area contributed by atoms with Crippen LogP contribution in [-0.2, 0) is 6.18 Å². The average molecular weight is 783 g/mol. The van der Waals surface area contributed by atoms with Crippen LogP contribution < -0.4 is 0 Å². The van der Waals surface area contributed by atoms with E-state index in [0.717, 1.165) is 83.3 Å². The van der Waals surface area contributed by atoms with Crippen LogP contribution in [0.1, 0.15) is 5.56 Å². The fourth-order valence-electron chi connectivity index (χ4n) is 8.61. The molecule has 0 unspecified atom stereocenters. The molecule has 0 radical (unpaired) electrons. The van der Waals surface area contributed by atoms with Gasteiger partial charge in [0.05, 0.1) is 44.7 Å². The average Bonchev–Trinajstić information content (AvgIpc) is 3.82. The van der Waals surface area contributed by atoms with Crippen LogP contribution in [0.2, 0.25) is 0 Å². The Labute approximate surface area is 343 Å². The highest BCUT2D eigenvalue weighted by atomic mass is 19.4. The van der Waals surface area contributed by atoms with Gasteiger partial charge in [0.1, 0.15) is 0 Å². The number of hydrogen-bond donors (Lipinski definition) is 0. The minimum Gasteiger partial charge on any atom is -0.309 e. The molecule has 0 amide bonds. The van der Waals surface area contributed by atoms with Gasteiger partial charge in [0.2, 0.25) is 0 Å². The molecule has 60 heavy (non-hydrogen) atoms. The quantitative estimate of drug-likeness (QED) is 0.168. The maximum atomic E-state index is 14.1. The molecule has 7 heteroatoms. The monoisotopic (exact) mass is 782 g/mol. The molecule has 8 aromatic carbocycles. The normalized spacial score (nSPS) is 11.9. The zero-order chi connectivity index (χ0) is 40.4. The van der Waals surface area contributed by atoms with E-state index in [-0.39, 0.29) is 0 Å². The fraction of sp³-hybridized carbons (Fsp3) is 0.0189. The van der Waals surface area contributed by atoms with Crippen molar-refractivity contribution in [3.05, 3.63) is 206 Å². The molecule has 0 aliphatic rings. The van der Waals surface area contributed by atoms with Crippen LogP contribution in [0, 0.1) is 0 Å². The molecule has 11 aromatic rings. The van der Waals surface area contributed by atoms with Crippen LogP contribution in [0.25, 0.3) is 100 Å². The highest BCUT2D eigenvalue weighted by Crippen LogP contribution is 2.42. The number of para-hydroxylation sites is 3. The van der Waals surface area contributed by atoms with Crippen molar-refractivity contribution in [3.8, 4) is 56.4 Å². The Bertz CT molecular complexity index is 3310. The molecule has 0 saturated heterocycles. The van der Waals surface area contributed by atoms with Crippen LogP contribution in [-0.4, -0.2) is 19.1 Å². The van der Waals surface area contributed by atoms with Gasteiger partial charge in [0.15, 0.2) is 5.82 Å². The van der Waals surface area contributed by atoms with Gasteiger partial charge in [-0.2, -0.15) is 13.2 Å². The molecule has 0 spiro atoms. The van der Waals surface area contributed by atoms with Crippen LogP contribution in [0.15, 0.2) is 200 Å². The van der Waals surface area contributed by atoms with Gasteiger partial charge in [-0.05, 0) is 72.3 Å². The van der Waals surface area contributed by atoms with E-state index in [9.17, 15) is 13.2 Å². The van der Waals surface area contributed by atoms with Gasteiger partial charge in [-0.15, -0.1) is 0 Å². The number of benzene rings is 8. The van der Waals surface area contributed by atoms with Crippen molar-refractivity contribution in [3.63, 3.8) is 0 Å². The van der Waals surface area contributed by atoms with E-state index in [2.05, 4.69) is 94.1 Å². The Balaban J connectivity index is 1.18. The summed E-state index contributed by atoms with van der Waals surface area (Å²) < 4.78 is 46.8. The van der Waals surface area contributed by atoms with Crippen LogP contribution in [0.3, 0.4) is 0 Å². The Morgan fingerprint density at radius 1 is 0.367 bits per heavy atom. The van der Waals surface area contributed by atoms with E-state index < -0.39 is 11.7 Å². The second-order valence-corrected chi connectivity index (χ2v) is 14.9. The van der Waals surface area contributed by atoms with Gasteiger partial charge in [0.25, 0.3) is 0 Å². The number of hydrogen-bond acceptors (Lipinski definition) is 2. The van der Waals surface area contributed by atoms with Gasteiger partial charge in [-0.1, -0.05) is 133 Å². The predicted molar refractivity (Wildman–Crippen MR) is 237 cm³/mol. The second-order valence-electron chi connectivity index (χ2n) is 14.9. The summed E-state index contributed by atoms with van der Waals surface area (Å²) in [5.74, 6) is 0.605. The Morgan fingerprint density at radius 3 is 1.55 bits per heavy atom. The molecule has 0 aliphatic heterocycles. The first kappa shape index (κ1) is 35.4. The molecule has 0 atom stereocenters. The highest BCUT2D eigenvalue weighted by Gasteiger charge is 2.31. The molecule has 0 fully saturated rings. The molecule has 0 aliphatic carbocycles. The van der Waals surface area contributed by atoms with E-state index in [1.54, 1.807) is 6.07 Å². The number of fused-ring (bicyclic) bond motifs is 6. The van der Waals surface area contributed by atoms with Crippen molar-refractivity contribution in [1.82, 2.24) is 19.1 Å². The molecule has 0 bridgehead atoms. The highest BCUT2D eigenvalue weighted by molar-refractivity contribution is 6.11. The van der Waals surface area contributed by atoms with E-state index in [1.807, 2.05) is 97.1 Å². The third-order valence-corrected chi connectivity index (χ3v) is 11.4. The molecule has 11 rings (SSSR count). The summed E-state index contributed by atoms with van der Waals surface area (Å²) in [6.07, 6.45) is -4.48. The lowest BCUT2D eigenvalue weighted by Gasteiger charge is -2.18. The molecule has 4 nitrogen and oxygen atoms in total. The largest absolute Gasteiger partial charge is 0.416 e. The molecule has 3 aromatic heterocycles. The smallest absolute Gasteiger partial charge is 0.309 e. The van der Waals surface area contributed by atoms with Gasteiger partial charge < -0.3 is 9.13 Å². The summed E-state index contributed by atoms with van der Waals surface area (Å²) in [5.41, 5.74) is 10.9. The van der Waals surface area contributed by atoms with Crippen molar-refractivity contribution in [2.24, 2.45) is 0 Å². The molecule has 0 saturated carbocycles. The van der Waals surface area contributed by atoms with Gasteiger partial charge in [-0.25, -0.2) is 9.97 Å². The zero-order valence-corrected chi connectivity index (χ0v) is 32.0. The minimum atomic E-state index is -4.48. The van der Waals surface area contributed by atoms with Gasteiger partial charge in [-0.3, -0.25) is 0 Å². The Morgan fingerprint density at radius 2 is 0.900 bits per heavy atom. The zero-order valence-electron chi connectivity index (χ0n) is 32.0. The molecule has 0 N–H and O–H groups in total. The number of rotatable bonds is 6. The van der Waals surface area contributed by atoms with Crippen molar-refractivity contribution in [2.45, 2.75) is 6.18 Å². The van der Waals surface area contributed by atoms with Crippen LogP contribution >= 0.6 is 0 Å². The minimum absolute atomic E-state index is 0.533. The summed E-state index contributed by atoms with van der Waals surface area (Å²) in [7, 11) is 0. The maximum Gasteiger partial charge on any atom is 0.416 e. The number of halogens is 3. The van der Waals surface area contributed by atoms with Gasteiger partial charge in [0, 0.05) is 49.5 Å². The lowest BCUT2D eigenvalue weighted by atomic mass is 9.97. The summed E-state index contributed by atoms with van der Waals surface area (Å²) in [4.78, 5) is 10.2. The summed E-state index contributed by atoms with van der Waals surface area (Å²) in [5, 5.41) is 3.60. The lowest BCUT2D eigenvalue weighted by molar-refractivity contribution is -0.137. The van der Waals surface area contributed by atoms with E-state index in [4.69, 9.17) is 9.97 Å². The first-order chi connectivity index (χ1) is 29.4. The van der Waals surface area contributed by atoms with Crippen molar-refractivity contribution >= 4 is 43.6 Å². The van der Waals surface area contributed by atoms with E-state index >= 15 is 0 Å². The maximum absolute atomic E-state index is 14.1. The molecule has 3 heterocycles. The summed E-state index contributed by atoms with van der Waals surface area (Å²) in [6, 6.07) is 65.3. The third kappa shape index (κ3) is 5.93. The van der Waals surface area contributed by atoms with Crippen LogP contribution in [0.4, 0.5) is 13.2 Å². The van der Waals surface area contributed by atoms with Crippen molar-refractivity contribution in [1.29, 1.82) is 0 Å². The standard InChI is InChI=1S/C53H33F3N4/c54-53(55,56)38-27-29-51-44(32-38)42-22-9-12-25-49(42)60(51)50-28-26-37(46-33-45(34-14-3-1-4-15-34)57-52(58-46)35-16-5-2-6-17-35)31-43(50)36-18-13-19-39(30-36)59-47-23-10-7-20-40(47)41-21-8-11-24-48(41)59/h1-33H. The van der Waals surface area contributed by atoms with Gasteiger partial charge >= 0.3 is 6.18 Å². The van der Waals surface area contributed by atoms with E-state index in [1.165, 1.54) is 12.1 Å². The first-order valence-electron chi connectivity index (χ1n) is 19.7. The first-order valence-corrected chi connectivity index (χ1v) is 19.7. The third-order valence-electron chi connectivity index (χ3n) is 11.4. The molecule has 286 valence electrons. The number of nitrogens with zero attached hydrogens (tertiary/aromatic N) is 4. The van der Waals surface area contributed by atoms with Crippen molar-refractivity contribution < 1.29 is 13.2 Å². The second kappa shape index (κ2) is 14.0. The molecular weight excluding hydrogens is 750 g/mol. The topological polar surface area (TPSA) is 35.6 Å². The lowest BCUT2D eigenvalue weighted by Crippen LogP contribution is -2.04. The SMILES string of the molecule is FC(F)(F)c1ccc2c(c1)c1ccccc1n2-c1ccc(-c2cc(-c3ccccc3)nc(-c3ccccc3)n2)cc1-c1cccc(-n2c3ccccc3c3ccccc32)c1. The summed E-state index contributed by atoms with van der Waals surface area (Å²) in [6.45, 7) is 0. The Kier molecular flexibility index (Phi) is 8.23. The summed E-state index contributed by atoms with van der Waals surface area (Å²) >= 11 is 0. The van der Waals surface area contributed by atoms with Crippen LogP contribution in [0.5, 0.6) is 0 Å². The molecular formula is C53H33F3N4.